The molecule has 0 saturated carbocycles. The number of hydrazine groups is 1. The molecule has 0 saturated heterocycles. The number of anilines is 1. The van der Waals surface area contributed by atoms with Gasteiger partial charge in [-0.2, -0.15) is 0 Å². The summed E-state index contributed by atoms with van der Waals surface area (Å²) in [5, 5.41) is 0. The lowest BCUT2D eigenvalue weighted by molar-refractivity contribution is -0.117. The molecule has 0 atom stereocenters. The van der Waals surface area contributed by atoms with Crippen molar-refractivity contribution < 1.29 is 9.59 Å². The molecule has 2 amide bonds. The van der Waals surface area contributed by atoms with Crippen LogP contribution in [0.25, 0.3) is 6.08 Å². The van der Waals surface area contributed by atoms with Crippen molar-refractivity contribution in [3.63, 3.8) is 0 Å². The van der Waals surface area contributed by atoms with Crippen molar-refractivity contribution >= 4 is 23.6 Å². The molecule has 0 aromatic heterocycles. The van der Waals surface area contributed by atoms with Gasteiger partial charge in [0.05, 0.1) is 0 Å². The van der Waals surface area contributed by atoms with Crippen LogP contribution in [0.5, 0.6) is 0 Å². The van der Waals surface area contributed by atoms with Gasteiger partial charge in [-0.3, -0.25) is 20.4 Å². The van der Waals surface area contributed by atoms with E-state index in [-0.39, 0.29) is 5.91 Å². The number of carbonyl (C=O) groups is 2. The molecule has 2 aromatic rings. The average Bonchev–Trinajstić information content (AvgIpc) is 2.67. The van der Waals surface area contributed by atoms with E-state index in [0.29, 0.717) is 5.56 Å². The number of amides is 2. The fourth-order valence-electron chi connectivity index (χ4n) is 2.38. The highest BCUT2D eigenvalue weighted by molar-refractivity contribution is 5.98. The molecule has 0 bridgehead atoms. The van der Waals surface area contributed by atoms with Gasteiger partial charge in [0.25, 0.3) is 11.8 Å². The van der Waals surface area contributed by atoms with Gasteiger partial charge < -0.3 is 4.90 Å². The van der Waals surface area contributed by atoms with Crippen molar-refractivity contribution in [3.8, 4) is 0 Å². The molecule has 2 rings (SSSR count). The van der Waals surface area contributed by atoms with Crippen molar-refractivity contribution in [3.05, 3.63) is 71.8 Å². The quantitative estimate of drug-likeness (QED) is 0.629. The Hall–Kier alpha value is -3.08. The Morgan fingerprint density at radius 1 is 0.920 bits per heavy atom. The van der Waals surface area contributed by atoms with Crippen LogP contribution in [0.2, 0.25) is 0 Å². The summed E-state index contributed by atoms with van der Waals surface area (Å²) < 4.78 is 0. The Kier molecular flexibility index (Phi) is 6.77. The molecule has 0 aliphatic rings. The smallest absolute Gasteiger partial charge is 0.269 e. The molecule has 0 aliphatic carbocycles. The van der Waals surface area contributed by atoms with Crippen molar-refractivity contribution in [2.45, 2.75) is 13.8 Å². The molecule has 2 aromatic carbocycles. The van der Waals surface area contributed by atoms with Crippen LogP contribution >= 0.6 is 0 Å². The van der Waals surface area contributed by atoms with Gasteiger partial charge in [-0.1, -0.05) is 30.3 Å². The van der Waals surface area contributed by atoms with Crippen molar-refractivity contribution in [1.82, 2.24) is 10.9 Å². The maximum absolute atomic E-state index is 12.1. The van der Waals surface area contributed by atoms with E-state index in [1.54, 1.807) is 18.2 Å². The Labute approximate surface area is 148 Å². The molecule has 2 N–H and O–H groups in total. The van der Waals surface area contributed by atoms with Crippen molar-refractivity contribution in [2.24, 2.45) is 0 Å². The molecule has 0 fully saturated rings. The molecule has 0 spiro atoms. The van der Waals surface area contributed by atoms with Gasteiger partial charge in [0, 0.05) is 30.4 Å². The molecular weight excluding hydrogens is 314 g/mol. The summed E-state index contributed by atoms with van der Waals surface area (Å²) in [5.74, 6) is -0.746. The lowest BCUT2D eigenvalue weighted by Crippen LogP contribution is -2.40. The van der Waals surface area contributed by atoms with Crippen LogP contribution in [-0.4, -0.2) is 24.9 Å². The standard InChI is InChI=1S/C20H23N3O2/c1-3-23(4-2)18-13-11-17(12-14-18)20(25)22-21-19(24)15-10-16-8-6-5-7-9-16/h5-15H,3-4H2,1-2H3,(H,21,24)(H,22,25)/b15-10+. The summed E-state index contributed by atoms with van der Waals surface area (Å²) in [6.45, 7) is 5.99. The first-order chi connectivity index (χ1) is 12.1. The summed E-state index contributed by atoms with van der Waals surface area (Å²) >= 11 is 0. The minimum atomic E-state index is -0.392. The van der Waals surface area contributed by atoms with E-state index < -0.39 is 5.91 Å². The van der Waals surface area contributed by atoms with E-state index in [1.807, 2.05) is 42.5 Å². The van der Waals surface area contributed by atoms with Gasteiger partial charge in [0.15, 0.2) is 0 Å². The first-order valence-electron chi connectivity index (χ1n) is 8.32. The van der Waals surface area contributed by atoms with Crippen molar-refractivity contribution in [2.75, 3.05) is 18.0 Å². The number of nitrogens with one attached hydrogen (secondary N) is 2. The fraction of sp³-hybridized carbons (Fsp3) is 0.200. The van der Waals surface area contributed by atoms with Gasteiger partial charge >= 0.3 is 0 Å². The molecule has 5 heteroatoms. The van der Waals surface area contributed by atoms with Crippen LogP contribution in [0.3, 0.4) is 0 Å². The Bertz CT molecular complexity index is 720. The molecule has 0 unspecified atom stereocenters. The molecule has 5 nitrogen and oxygen atoms in total. The molecule has 0 radical (unpaired) electrons. The predicted octanol–water partition coefficient (Wildman–Crippen LogP) is 3.01. The number of hydrogen-bond donors (Lipinski definition) is 2. The van der Waals surface area contributed by atoms with E-state index in [4.69, 9.17) is 0 Å². The number of rotatable bonds is 6. The number of hydrogen-bond acceptors (Lipinski definition) is 3. The molecule has 0 aliphatic heterocycles. The zero-order chi connectivity index (χ0) is 18.1. The van der Waals surface area contributed by atoms with Gasteiger partial charge in [-0.05, 0) is 49.8 Å². The highest BCUT2D eigenvalue weighted by atomic mass is 16.2. The van der Waals surface area contributed by atoms with E-state index in [0.717, 1.165) is 24.3 Å². The van der Waals surface area contributed by atoms with Crippen LogP contribution in [-0.2, 0) is 4.79 Å². The maximum atomic E-state index is 12.1. The zero-order valence-corrected chi connectivity index (χ0v) is 14.5. The maximum Gasteiger partial charge on any atom is 0.269 e. The van der Waals surface area contributed by atoms with E-state index in [2.05, 4.69) is 29.6 Å². The second kappa shape index (κ2) is 9.27. The van der Waals surface area contributed by atoms with Gasteiger partial charge in [0.1, 0.15) is 0 Å². The predicted molar refractivity (Wildman–Crippen MR) is 101 cm³/mol. The van der Waals surface area contributed by atoms with Crippen molar-refractivity contribution in [1.29, 1.82) is 0 Å². The zero-order valence-electron chi connectivity index (χ0n) is 14.5. The number of nitrogens with zero attached hydrogens (tertiary/aromatic N) is 1. The highest BCUT2D eigenvalue weighted by Gasteiger charge is 2.07. The minimum absolute atomic E-state index is 0.354. The minimum Gasteiger partial charge on any atom is -0.372 e. The van der Waals surface area contributed by atoms with Crippen LogP contribution in [0, 0.1) is 0 Å². The third-order valence-electron chi connectivity index (χ3n) is 3.78. The normalized spacial score (nSPS) is 10.5. The lowest BCUT2D eigenvalue weighted by atomic mass is 10.2. The summed E-state index contributed by atoms with van der Waals surface area (Å²) in [6, 6.07) is 16.8. The largest absolute Gasteiger partial charge is 0.372 e. The second-order valence-corrected chi connectivity index (χ2v) is 5.41. The second-order valence-electron chi connectivity index (χ2n) is 5.41. The topological polar surface area (TPSA) is 61.4 Å². The summed E-state index contributed by atoms with van der Waals surface area (Å²) in [4.78, 5) is 26.0. The summed E-state index contributed by atoms with van der Waals surface area (Å²) in [6.07, 6.45) is 3.06. The summed E-state index contributed by atoms with van der Waals surface area (Å²) in [5.41, 5.74) is 7.25. The van der Waals surface area contributed by atoms with Gasteiger partial charge in [-0.25, -0.2) is 0 Å². The SMILES string of the molecule is CCN(CC)c1ccc(C(=O)NNC(=O)/C=C/c2ccccc2)cc1. The van der Waals surface area contributed by atoms with Crippen LogP contribution in [0.1, 0.15) is 29.8 Å². The highest BCUT2D eigenvalue weighted by Crippen LogP contribution is 2.14. The van der Waals surface area contributed by atoms with E-state index >= 15 is 0 Å². The first kappa shape index (κ1) is 18.3. The van der Waals surface area contributed by atoms with E-state index in [1.165, 1.54) is 6.08 Å². The van der Waals surface area contributed by atoms with Crippen LogP contribution in [0.4, 0.5) is 5.69 Å². The van der Waals surface area contributed by atoms with Crippen LogP contribution < -0.4 is 15.8 Å². The average molecular weight is 337 g/mol. The summed E-state index contributed by atoms with van der Waals surface area (Å²) in [7, 11) is 0. The number of carbonyl (C=O) groups excluding carboxylic acids is 2. The molecule has 0 heterocycles. The molecule has 130 valence electrons. The van der Waals surface area contributed by atoms with E-state index in [9.17, 15) is 9.59 Å². The third-order valence-corrected chi connectivity index (χ3v) is 3.78. The van der Waals surface area contributed by atoms with Gasteiger partial charge in [0.2, 0.25) is 0 Å². The third kappa shape index (κ3) is 5.49. The lowest BCUT2D eigenvalue weighted by Gasteiger charge is -2.21. The van der Waals surface area contributed by atoms with Gasteiger partial charge in [-0.15, -0.1) is 0 Å². The Morgan fingerprint density at radius 2 is 1.56 bits per heavy atom. The first-order valence-corrected chi connectivity index (χ1v) is 8.32. The molecular formula is C20H23N3O2. The Morgan fingerprint density at radius 3 is 2.16 bits per heavy atom. The van der Waals surface area contributed by atoms with Crippen LogP contribution in [0.15, 0.2) is 60.7 Å². The number of benzene rings is 2. The monoisotopic (exact) mass is 337 g/mol. The fourth-order valence-corrected chi connectivity index (χ4v) is 2.38. The Balaban J connectivity index is 1.87. The molecule has 25 heavy (non-hydrogen) atoms.